The number of hydrogen-bond acceptors (Lipinski definition) is 25. The standard InChI is InChI=1S/C58H92N16O21S/c1-28(2)18-35(66-45(82)22-64-56(94)41(80)27-96-42-21-46(83)74(57(42)95)17-6-5-16-73-23-40(79)29(3)48(86)39(73)25-76)52(90)67-33(8-7-15-63-58(61)62)50(88)68-34(13-14-44(60)81)51(89)69-36(19-31-9-11-32(78)12-10-31)53(91)72-54(92)37(20-47(84)85)70-55(93)38(24-75)65-30(4)49(87)71-43(59)26-77/h9-12,26,28-30,33-43,48,65,75-76,78-80,86H,5-8,13-25,27,59H2,1-4H3,(H2,60,81)(H,64,94)(H,66,82)(H,67,90)(H,68,88)(H,69,89)(H,70,93)(H,71,87)(H,84,85)(H4,61,62,63)(H,72,91,92)/t29-,30?,33?,34?,35?,36?,37?,38?,39-,40+,41?,42?,43?,48-/m1/s1. The van der Waals surface area contributed by atoms with Gasteiger partial charge in [0, 0.05) is 50.6 Å². The van der Waals surface area contributed by atoms with Gasteiger partial charge in [-0.2, -0.15) is 0 Å². The van der Waals surface area contributed by atoms with Crippen molar-refractivity contribution in [3.05, 3.63) is 29.8 Å². The van der Waals surface area contributed by atoms with Crippen LogP contribution in [0.2, 0.25) is 0 Å². The molecule has 0 radical (unpaired) electrons. The number of rotatable bonds is 42. The molecule has 0 aliphatic carbocycles. The lowest BCUT2D eigenvalue weighted by molar-refractivity contribution is -0.143. The largest absolute Gasteiger partial charge is 0.508 e. The number of carboxylic acids is 1. The Morgan fingerprint density at radius 1 is 0.740 bits per heavy atom. The first-order valence-electron chi connectivity index (χ1n) is 30.9. The van der Waals surface area contributed by atoms with Crippen LogP contribution in [0, 0.1) is 17.2 Å². The highest BCUT2D eigenvalue weighted by atomic mass is 32.2. The van der Waals surface area contributed by atoms with Crippen LogP contribution < -0.4 is 70.4 Å². The topological polar surface area (TPSA) is 609 Å². The van der Waals surface area contributed by atoms with Crippen molar-refractivity contribution in [2.24, 2.45) is 29.0 Å². The molecule has 37 nitrogen and oxygen atoms in total. The van der Waals surface area contributed by atoms with Crippen molar-refractivity contribution >= 4 is 101 Å². The Kier molecular flexibility index (Phi) is 34.7. The molecule has 2 aliphatic heterocycles. The molecule has 0 saturated carbocycles. The predicted molar refractivity (Wildman–Crippen MR) is 339 cm³/mol. The number of aliphatic carboxylic acids is 1. The average molecular weight is 1380 g/mol. The number of aliphatic hydroxyl groups is 5. The third-order valence-electron chi connectivity index (χ3n) is 15.4. The minimum absolute atomic E-state index is 0.0103. The molecule has 1 aromatic carbocycles. The third-order valence-corrected chi connectivity index (χ3v) is 16.7. The van der Waals surface area contributed by atoms with Crippen molar-refractivity contribution in [1.29, 1.82) is 5.41 Å². The Bertz CT molecular complexity index is 2900. The highest BCUT2D eigenvalue weighted by molar-refractivity contribution is 8.00. The Labute approximate surface area is 556 Å². The van der Waals surface area contributed by atoms with E-state index in [1.807, 2.05) is 5.32 Å². The monoisotopic (exact) mass is 1380 g/mol. The summed E-state index contributed by atoms with van der Waals surface area (Å²) in [5.74, 6) is -15.6. The van der Waals surface area contributed by atoms with Crippen molar-refractivity contribution in [2.75, 3.05) is 51.7 Å². The van der Waals surface area contributed by atoms with Gasteiger partial charge >= 0.3 is 5.97 Å². The molecule has 24 N–H and O–H groups in total. The quantitative estimate of drug-likeness (QED) is 0.00722. The van der Waals surface area contributed by atoms with E-state index in [0.717, 1.165) is 16.7 Å². The number of phenols is 1. The van der Waals surface area contributed by atoms with Crippen molar-refractivity contribution in [2.45, 2.75) is 170 Å². The summed E-state index contributed by atoms with van der Waals surface area (Å²) in [5, 5.41) is 101. The molecule has 14 atom stereocenters. The molecule has 10 unspecified atom stereocenters. The van der Waals surface area contributed by atoms with Gasteiger partial charge in [-0.3, -0.25) is 93.0 Å². The number of benzene rings is 1. The number of carbonyl (C=O) groups excluding carboxylic acids is 13. The van der Waals surface area contributed by atoms with Gasteiger partial charge in [-0.1, -0.05) is 32.9 Å². The van der Waals surface area contributed by atoms with E-state index < -0.39 is 206 Å². The number of carboxylic acid groups (broad SMARTS) is 1. The zero-order valence-electron chi connectivity index (χ0n) is 53.7. The second kappa shape index (κ2) is 40.8. The van der Waals surface area contributed by atoms with Gasteiger partial charge in [0.2, 0.25) is 70.9 Å². The summed E-state index contributed by atoms with van der Waals surface area (Å²) in [6.07, 6.45) is -7.22. The average Bonchev–Trinajstić information content (AvgIpc) is 1.13. The highest BCUT2D eigenvalue weighted by Gasteiger charge is 2.42. The lowest BCUT2D eigenvalue weighted by Crippen LogP contribution is -2.61. The number of imide groups is 2. The number of hydrogen-bond donors (Lipinski definition) is 21. The van der Waals surface area contributed by atoms with E-state index in [1.165, 1.54) is 31.2 Å². The summed E-state index contributed by atoms with van der Waals surface area (Å²) in [6.45, 7) is 4.79. The summed E-state index contributed by atoms with van der Waals surface area (Å²) in [5.41, 5.74) is 16.5. The molecule has 2 saturated heterocycles. The second-order valence-electron chi connectivity index (χ2n) is 23.6. The molecule has 2 heterocycles. The number of β-amino-alcohol motifs (C(OH)–C–C–N with tert-alkyl or cyclic N) is 1. The first-order chi connectivity index (χ1) is 45.2. The molecule has 1 aromatic rings. The maximum atomic E-state index is 14.3. The molecule has 0 bridgehead atoms. The number of thioether (sulfide) groups is 1. The number of aromatic hydroxyl groups is 1. The van der Waals surface area contributed by atoms with Crippen LogP contribution in [0.1, 0.15) is 91.0 Å². The van der Waals surface area contributed by atoms with E-state index in [0.29, 0.717) is 19.4 Å². The summed E-state index contributed by atoms with van der Waals surface area (Å²) in [7, 11) is 0. The van der Waals surface area contributed by atoms with Gasteiger partial charge < -0.3 is 95.5 Å². The van der Waals surface area contributed by atoms with Gasteiger partial charge in [-0.25, -0.2) is 0 Å². The summed E-state index contributed by atoms with van der Waals surface area (Å²) in [6, 6.07) is -7.19. The Hall–Kier alpha value is -8.50. The Morgan fingerprint density at radius 2 is 1.32 bits per heavy atom. The minimum atomic E-state index is -2.07. The van der Waals surface area contributed by atoms with Crippen LogP contribution in [-0.4, -0.2) is 264 Å². The van der Waals surface area contributed by atoms with Crippen molar-refractivity contribution in [1.82, 2.24) is 63.0 Å². The number of likely N-dealkylation sites (tertiary alicyclic amines) is 2. The van der Waals surface area contributed by atoms with Crippen LogP contribution in [0.25, 0.3) is 0 Å². The van der Waals surface area contributed by atoms with Crippen molar-refractivity contribution in [3.63, 3.8) is 0 Å². The normalized spacial score (nSPS) is 19.9. The number of nitrogens with two attached hydrogens (primary N) is 3. The first kappa shape index (κ1) is 81.7. The van der Waals surface area contributed by atoms with E-state index in [2.05, 4.69) is 47.9 Å². The summed E-state index contributed by atoms with van der Waals surface area (Å²) >= 11 is 0.850. The number of nitrogens with zero attached hydrogens (tertiary/aromatic N) is 2. The zero-order chi connectivity index (χ0) is 72.1. The number of carbonyl (C=O) groups is 14. The molecule has 38 heteroatoms. The number of unbranched alkanes of at least 4 members (excludes halogenated alkanes) is 1. The fourth-order valence-corrected chi connectivity index (χ4v) is 11.1. The molecule has 96 heavy (non-hydrogen) atoms. The van der Waals surface area contributed by atoms with Gasteiger partial charge in [-0.15, -0.1) is 11.8 Å². The molecule has 12 amide bonds. The van der Waals surface area contributed by atoms with E-state index in [9.17, 15) is 103 Å². The summed E-state index contributed by atoms with van der Waals surface area (Å²) in [4.78, 5) is 187. The van der Waals surface area contributed by atoms with E-state index in [-0.39, 0.29) is 81.2 Å². The number of aldehydes is 1. The number of amides is 12. The molecule has 3 rings (SSSR count). The number of nitrogens with one attached hydrogen (secondary N) is 11. The van der Waals surface area contributed by atoms with E-state index in [4.69, 9.17) is 22.6 Å². The van der Waals surface area contributed by atoms with Gasteiger partial charge in [0.05, 0.1) is 55.7 Å². The number of guanidine groups is 1. The lowest BCUT2D eigenvalue weighted by Gasteiger charge is -2.44. The smallest absolute Gasteiger partial charge is 0.305 e. The molecule has 0 spiro atoms. The van der Waals surface area contributed by atoms with Crippen LogP contribution >= 0.6 is 11.8 Å². The number of piperidine rings is 1. The molecule has 0 aromatic heterocycles. The van der Waals surface area contributed by atoms with E-state index >= 15 is 0 Å². The van der Waals surface area contributed by atoms with Crippen LogP contribution in [0.4, 0.5) is 0 Å². The van der Waals surface area contributed by atoms with Gasteiger partial charge in [0.25, 0.3) is 0 Å². The first-order valence-corrected chi connectivity index (χ1v) is 32.0. The molecule has 2 aliphatic rings. The second-order valence-corrected chi connectivity index (χ2v) is 24.8. The number of phenolic OH excluding ortho intramolecular Hbond substituents is 1. The fourth-order valence-electron chi connectivity index (χ4n) is 10.0. The summed E-state index contributed by atoms with van der Waals surface area (Å²) < 4.78 is 0. The van der Waals surface area contributed by atoms with Crippen LogP contribution in [0.15, 0.2) is 24.3 Å². The lowest BCUT2D eigenvalue weighted by atomic mass is 9.87. The predicted octanol–water partition coefficient (Wildman–Crippen LogP) is -8.86. The van der Waals surface area contributed by atoms with Crippen molar-refractivity contribution < 1.29 is 103 Å². The third kappa shape index (κ3) is 27.7. The molecular formula is C58H92N16O21S. The fraction of sp³-hybridized carbons (Fsp3) is 0.638. The van der Waals surface area contributed by atoms with Crippen LogP contribution in [-0.2, 0) is 73.5 Å². The maximum absolute atomic E-state index is 14.3. The maximum Gasteiger partial charge on any atom is 0.305 e. The Balaban J connectivity index is 1.76. The highest BCUT2D eigenvalue weighted by Crippen LogP contribution is 2.27. The number of primary amides is 1. The van der Waals surface area contributed by atoms with E-state index in [1.54, 1.807) is 25.7 Å². The van der Waals surface area contributed by atoms with Crippen molar-refractivity contribution in [3.8, 4) is 5.75 Å². The SMILES string of the molecule is CC(C)CC(NC(=O)CNC(=O)C(O)CSC1CC(=O)N(CCCCN2C[C@H](O)[C@@H](C)[C@@H](O)[C@H]2CO)C1=O)C(=O)NC(CCCNC(=N)N)C(=O)NC(CCC(N)=O)C(=O)NC(Cc1ccc(O)cc1)C(=O)NC(=O)C(CC(=O)O)NC(=O)C(CO)NC(C)C(=O)NC(N)C=O. The molecule has 536 valence electrons. The number of aliphatic hydroxyl groups excluding tert-OH is 5. The van der Waals surface area contributed by atoms with Gasteiger partial charge in [-0.05, 0) is 75.6 Å². The van der Waals surface area contributed by atoms with Crippen LogP contribution in [0.3, 0.4) is 0 Å². The Morgan fingerprint density at radius 3 is 1.91 bits per heavy atom. The molecule has 2 fully saturated rings. The minimum Gasteiger partial charge on any atom is -0.508 e. The molecular weight excluding hydrogens is 1290 g/mol. The van der Waals surface area contributed by atoms with Gasteiger partial charge in [0.15, 0.2) is 12.2 Å². The van der Waals surface area contributed by atoms with Crippen LogP contribution in [0.5, 0.6) is 5.75 Å². The van der Waals surface area contributed by atoms with Gasteiger partial charge in [0.1, 0.15) is 54.3 Å². The zero-order valence-corrected chi connectivity index (χ0v) is 54.5.